The Balaban J connectivity index is 1.67. The molecule has 5 heteroatoms. The van der Waals surface area contributed by atoms with E-state index in [2.05, 4.69) is 22.0 Å². The van der Waals surface area contributed by atoms with Gasteiger partial charge in [0.05, 0.1) is 11.4 Å². The number of hydrogen-bond acceptors (Lipinski definition) is 3. The fourth-order valence-electron chi connectivity index (χ4n) is 3.83. The average molecular weight is 319 g/mol. The molecule has 1 N–H and O–H groups in total. The van der Waals surface area contributed by atoms with Crippen LogP contribution in [0.5, 0.6) is 0 Å². The van der Waals surface area contributed by atoms with E-state index in [1.165, 1.54) is 38.6 Å². The maximum atomic E-state index is 13.7. The number of rotatable bonds is 3. The van der Waals surface area contributed by atoms with Crippen molar-refractivity contribution < 1.29 is 9.18 Å². The summed E-state index contributed by atoms with van der Waals surface area (Å²) in [6, 6.07) is 5.23. The fraction of sp³-hybridized carbons (Fsp3) is 0.611. The molecule has 1 unspecified atom stereocenters. The third-order valence-electron chi connectivity index (χ3n) is 5.05. The van der Waals surface area contributed by atoms with Crippen LogP contribution in [0.15, 0.2) is 18.2 Å². The second-order valence-electron chi connectivity index (χ2n) is 6.95. The smallest absolute Gasteiger partial charge is 0.221 e. The third-order valence-corrected chi connectivity index (χ3v) is 5.05. The summed E-state index contributed by atoms with van der Waals surface area (Å²) < 4.78 is 13.7. The molecule has 1 amide bonds. The van der Waals surface area contributed by atoms with Crippen LogP contribution in [0.2, 0.25) is 0 Å². The van der Waals surface area contributed by atoms with E-state index in [0.717, 1.165) is 37.5 Å². The highest BCUT2D eigenvalue weighted by atomic mass is 19.1. The van der Waals surface area contributed by atoms with Crippen LogP contribution in [0.3, 0.4) is 0 Å². The van der Waals surface area contributed by atoms with Crippen LogP contribution < -0.4 is 10.2 Å². The highest BCUT2D eigenvalue weighted by Gasteiger charge is 2.29. The minimum Gasteiger partial charge on any atom is -0.370 e. The largest absolute Gasteiger partial charge is 0.370 e. The number of carbonyl (C=O) groups excluding carboxylic acids is 1. The summed E-state index contributed by atoms with van der Waals surface area (Å²) in [4.78, 5) is 16.2. The highest BCUT2D eigenvalue weighted by molar-refractivity contribution is 5.92. The molecule has 0 saturated carbocycles. The normalized spacial score (nSPS) is 23.3. The van der Waals surface area contributed by atoms with Gasteiger partial charge in [-0.2, -0.15) is 0 Å². The number of amides is 1. The first-order chi connectivity index (χ1) is 11.0. The topological polar surface area (TPSA) is 35.6 Å². The van der Waals surface area contributed by atoms with Crippen LogP contribution >= 0.6 is 0 Å². The highest BCUT2D eigenvalue weighted by Crippen LogP contribution is 2.31. The number of likely N-dealkylation sites (tertiary alicyclic amines) is 1. The van der Waals surface area contributed by atoms with E-state index >= 15 is 0 Å². The summed E-state index contributed by atoms with van der Waals surface area (Å²) in [7, 11) is 0. The molecule has 1 aromatic rings. The summed E-state index contributed by atoms with van der Waals surface area (Å²) in [5.74, 6) is 0.422. The van der Waals surface area contributed by atoms with Crippen molar-refractivity contribution in [1.82, 2.24) is 4.90 Å². The predicted octanol–water partition coefficient (Wildman–Crippen LogP) is 3.09. The fourth-order valence-corrected chi connectivity index (χ4v) is 3.83. The number of piperidine rings is 1. The van der Waals surface area contributed by atoms with Crippen molar-refractivity contribution in [1.29, 1.82) is 0 Å². The molecule has 0 aliphatic carbocycles. The molecule has 23 heavy (non-hydrogen) atoms. The molecule has 3 rings (SSSR count). The Labute approximate surface area is 137 Å². The van der Waals surface area contributed by atoms with Crippen molar-refractivity contribution in [2.45, 2.75) is 39.2 Å². The third kappa shape index (κ3) is 3.83. The zero-order valence-corrected chi connectivity index (χ0v) is 14.0. The van der Waals surface area contributed by atoms with E-state index in [4.69, 9.17) is 0 Å². The summed E-state index contributed by atoms with van der Waals surface area (Å²) in [5.41, 5.74) is 1.50. The number of halogens is 1. The Morgan fingerprint density at radius 1 is 1.22 bits per heavy atom. The minimum atomic E-state index is -0.260. The lowest BCUT2D eigenvalue weighted by Gasteiger charge is -2.38. The second-order valence-corrected chi connectivity index (χ2v) is 6.95. The summed E-state index contributed by atoms with van der Waals surface area (Å²) in [5, 5.41) is 2.81. The lowest BCUT2D eigenvalue weighted by Crippen LogP contribution is -2.44. The lowest BCUT2D eigenvalue weighted by molar-refractivity contribution is -0.114. The van der Waals surface area contributed by atoms with Gasteiger partial charge in [-0.25, -0.2) is 4.39 Å². The molecule has 1 aromatic carbocycles. The maximum Gasteiger partial charge on any atom is 0.221 e. The van der Waals surface area contributed by atoms with E-state index in [1.54, 1.807) is 6.07 Å². The molecule has 0 radical (unpaired) electrons. The molecule has 2 heterocycles. The summed E-state index contributed by atoms with van der Waals surface area (Å²) in [6.07, 6.45) is 3.50. The first kappa shape index (κ1) is 16.2. The van der Waals surface area contributed by atoms with Gasteiger partial charge in [0.2, 0.25) is 5.91 Å². The molecule has 2 fully saturated rings. The van der Waals surface area contributed by atoms with Crippen molar-refractivity contribution in [3.05, 3.63) is 24.0 Å². The van der Waals surface area contributed by atoms with Crippen LogP contribution in [0.1, 0.15) is 33.1 Å². The van der Waals surface area contributed by atoms with Crippen molar-refractivity contribution in [2.24, 2.45) is 5.92 Å². The standard InChI is InChI=1S/C18H26FN3O/c1-13-5-8-22(12-13)16-6-9-21(10-7-16)18-11-15(19)3-4-17(18)20-14(2)23/h3-4,11,13,16H,5-10,12H2,1-2H3,(H,20,23). The van der Waals surface area contributed by atoms with Crippen molar-refractivity contribution in [3.8, 4) is 0 Å². The van der Waals surface area contributed by atoms with E-state index in [-0.39, 0.29) is 11.7 Å². The van der Waals surface area contributed by atoms with E-state index in [0.29, 0.717) is 11.7 Å². The first-order valence-electron chi connectivity index (χ1n) is 8.59. The zero-order valence-electron chi connectivity index (χ0n) is 14.0. The van der Waals surface area contributed by atoms with E-state index in [9.17, 15) is 9.18 Å². The van der Waals surface area contributed by atoms with Gasteiger partial charge in [0.15, 0.2) is 0 Å². The molecule has 0 bridgehead atoms. The molecule has 2 aliphatic rings. The van der Waals surface area contributed by atoms with E-state index < -0.39 is 0 Å². The quantitative estimate of drug-likeness (QED) is 0.930. The van der Waals surface area contributed by atoms with Crippen molar-refractivity contribution >= 4 is 17.3 Å². The number of anilines is 2. The Morgan fingerprint density at radius 3 is 2.57 bits per heavy atom. The van der Waals surface area contributed by atoms with Gasteiger partial charge in [-0.05, 0) is 49.9 Å². The monoisotopic (exact) mass is 319 g/mol. The molecule has 0 spiro atoms. The Hall–Kier alpha value is -1.62. The number of hydrogen-bond donors (Lipinski definition) is 1. The van der Waals surface area contributed by atoms with Gasteiger partial charge in [0.1, 0.15) is 5.82 Å². The minimum absolute atomic E-state index is 0.126. The van der Waals surface area contributed by atoms with Crippen LogP contribution in [-0.4, -0.2) is 43.0 Å². The predicted molar refractivity (Wildman–Crippen MR) is 91.3 cm³/mol. The van der Waals surface area contributed by atoms with Gasteiger partial charge < -0.3 is 10.2 Å². The van der Waals surface area contributed by atoms with Gasteiger partial charge in [0.25, 0.3) is 0 Å². The number of nitrogens with zero attached hydrogens (tertiary/aromatic N) is 2. The summed E-state index contributed by atoms with van der Waals surface area (Å²) in [6.45, 7) is 8.04. The van der Waals surface area contributed by atoms with Gasteiger partial charge >= 0.3 is 0 Å². The Kier molecular flexibility index (Phi) is 4.85. The molecule has 4 nitrogen and oxygen atoms in total. The average Bonchev–Trinajstić information content (AvgIpc) is 2.95. The lowest BCUT2D eigenvalue weighted by atomic mass is 10.0. The zero-order chi connectivity index (χ0) is 16.4. The molecule has 0 aromatic heterocycles. The van der Waals surface area contributed by atoms with E-state index in [1.807, 2.05) is 0 Å². The van der Waals surface area contributed by atoms with Gasteiger partial charge in [-0.1, -0.05) is 6.92 Å². The molecule has 2 saturated heterocycles. The molecule has 126 valence electrons. The van der Waals surface area contributed by atoms with Crippen LogP contribution in [0, 0.1) is 11.7 Å². The molecular formula is C18H26FN3O. The van der Waals surface area contributed by atoms with Crippen LogP contribution in [0.25, 0.3) is 0 Å². The SMILES string of the molecule is CC(=O)Nc1ccc(F)cc1N1CCC(N2CCC(C)C2)CC1. The molecule has 1 atom stereocenters. The Morgan fingerprint density at radius 2 is 1.96 bits per heavy atom. The number of nitrogens with one attached hydrogen (secondary N) is 1. The molecule has 2 aliphatic heterocycles. The maximum absolute atomic E-state index is 13.7. The van der Waals surface area contributed by atoms with Gasteiger partial charge in [-0.15, -0.1) is 0 Å². The second kappa shape index (κ2) is 6.87. The molecular weight excluding hydrogens is 293 g/mol. The number of benzene rings is 1. The number of carbonyl (C=O) groups is 1. The van der Waals surface area contributed by atoms with Crippen molar-refractivity contribution in [2.75, 3.05) is 36.4 Å². The van der Waals surface area contributed by atoms with Gasteiger partial charge in [-0.3, -0.25) is 9.69 Å². The first-order valence-corrected chi connectivity index (χ1v) is 8.59. The van der Waals surface area contributed by atoms with Crippen LogP contribution in [-0.2, 0) is 4.79 Å². The Bertz CT molecular complexity index is 569. The summed E-state index contributed by atoms with van der Waals surface area (Å²) >= 11 is 0. The van der Waals surface area contributed by atoms with Crippen molar-refractivity contribution in [3.63, 3.8) is 0 Å². The van der Waals surface area contributed by atoms with Crippen LogP contribution in [0.4, 0.5) is 15.8 Å². The van der Waals surface area contributed by atoms with Gasteiger partial charge in [0, 0.05) is 32.6 Å².